The van der Waals surface area contributed by atoms with Gasteiger partial charge in [-0.1, -0.05) is 155 Å². The van der Waals surface area contributed by atoms with Crippen LogP contribution in [0.2, 0.25) is 0 Å². The minimum Gasteiger partial charge on any atom is -0.330 e. The van der Waals surface area contributed by atoms with Crippen LogP contribution in [-0.4, -0.2) is 80.1 Å². The van der Waals surface area contributed by atoms with E-state index in [1.807, 2.05) is 11.8 Å². The molecule has 0 aromatic rings. The predicted octanol–water partition coefficient (Wildman–Crippen LogP) is 9.29. The van der Waals surface area contributed by atoms with Crippen molar-refractivity contribution in [2.75, 3.05) is 52.4 Å². The molecule has 3 amide bonds. The Balaban J connectivity index is 4.52. The number of amides is 3. The Morgan fingerprint density at radius 1 is 0.490 bits per heavy atom. The summed E-state index contributed by atoms with van der Waals surface area (Å²) in [6, 6.07) is -0.634. The average molecular weight is 695 g/mol. The van der Waals surface area contributed by atoms with Crippen LogP contribution in [0.1, 0.15) is 194 Å². The fourth-order valence-corrected chi connectivity index (χ4v) is 6.57. The molecule has 8 heteroatoms. The molecule has 0 aliphatic rings. The van der Waals surface area contributed by atoms with Gasteiger partial charge in [0.2, 0.25) is 5.91 Å². The van der Waals surface area contributed by atoms with E-state index in [4.69, 9.17) is 11.5 Å². The Morgan fingerprint density at radius 3 is 1.20 bits per heavy atom. The zero-order valence-corrected chi connectivity index (χ0v) is 33.2. The first-order chi connectivity index (χ1) is 24.0. The number of hydrogen-bond donors (Lipinski definition) is 4. The highest BCUT2D eigenvalue weighted by atomic mass is 16.2. The number of imide groups is 1. The number of unbranched alkanes of at least 4 members (excludes halogenated alkanes) is 22. The summed E-state index contributed by atoms with van der Waals surface area (Å²) in [6.07, 6.45) is 34.1. The molecule has 0 aromatic heterocycles. The third-order valence-electron chi connectivity index (χ3n) is 9.93. The summed E-state index contributed by atoms with van der Waals surface area (Å²) in [7, 11) is 0. The largest absolute Gasteiger partial charge is 0.330 e. The SMILES string of the molecule is CCCCCCCCCCCCCCN(CCCCCCCCCCCCCC)C(=O)NC(=O)C(C)NCCCN(CCCN)CCCN. The van der Waals surface area contributed by atoms with Gasteiger partial charge < -0.3 is 26.6 Å². The first-order valence-corrected chi connectivity index (χ1v) is 21.5. The van der Waals surface area contributed by atoms with E-state index in [0.29, 0.717) is 13.1 Å². The third kappa shape index (κ3) is 32.4. The van der Waals surface area contributed by atoms with Gasteiger partial charge in [-0.15, -0.1) is 0 Å². The molecule has 1 unspecified atom stereocenters. The van der Waals surface area contributed by atoms with E-state index < -0.39 is 6.04 Å². The predicted molar refractivity (Wildman–Crippen MR) is 213 cm³/mol. The van der Waals surface area contributed by atoms with Gasteiger partial charge in [0.05, 0.1) is 6.04 Å². The van der Waals surface area contributed by atoms with Crippen LogP contribution in [0.4, 0.5) is 4.79 Å². The molecule has 0 aliphatic carbocycles. The lowest BCUT2D eigenvalue weighted by molar-refractivity contribution is -0.121. The molecular weight excluding hydrogens is 608 g/mol. The van der Waals surface area contributed by atoms with Gasteiger partial charge in [-0.25, -0.2) is 4.79 Å². The van der Waals surface area contributed by atoms with Crippen LogP contribution in [0.3, 0.4) is 0 Å². The van der Waals surface area contributed by atoms with Crippen molar-refractivity contribution in [3.05, 3.63) is 0 Å². The highest BCUT2D eigenvalue weighted by molar-refractivity contribution is 5.96. The van der Waals surface area contributed by atoms with Gasteiger partial charge in [0.25, 0.3) is 0 Å². The van der Waals surface area contributed by atoms with Crippen molar-refractivity contribution in [1.82, 2.24) is 20.4 Å². The minimum atomic E-state index is -0.411. The summed E-state index contributed by atoms with van der Waals surface area (Å²) in [5.41, 5.74) is 11.4. The average Bonchev–Trinajstić information content (AvgIpc) is 3.10. The molecular formula is C41H86N6O2. The summed E-state index contributed by atoms with van der Waals surface area (Å²) in [5, 5.41) is 6.04. The Labute approximate surface area is 305 Å². The number of urea groups is 1. The molecule has 0 spiro atoms. The van der Waals surface area contributed by atoms with Gasteiger partial charge in [0.1, 0.15) is 0 Å². The Bertz CT molecular complexity index is 673. The van der Waals surface area contributed by atoms with Crippen LogP contribution < -0.4 is 22.1 Å². The Morgan fingerprint density at radius 2 is 0.837 bits per heavy atom. The van der Waals surface area contributed by atoms with E-state index in [1.165, 1.54) is 128 Å². The van der Waals surface area contributed by atoms with Crippen molar-refractivity contribution < 1.29 is 9.59 Å². The number of rotatable bonds is 38. The van der Waals surface area contributed by atoms with Gasteiger partial charge >= 0.3 is 6.03 Å². The molecule has 0 aliphatic heterocycles. The molecule has 6 N–H and O–H groups in total. The summed E-state index contributed by atoms with van der Waals surface area (Å²) < 4.78 is 0. The fourth-order valence-electron chi connectivity index (χ4n) is 6.57. The second-order valence-electron chi connectivity index (χ2n) is 14.7. The Hall–Kier alpha value is -1.22. The van der Waals surface area contributed by atoms with Crippen LogP contribution in [0.15, 0.2) is 0 Å². The van der Waals surface area contributed by atoms with Crippen LogP contribution in [0.25, 0.3) is 0 Å². The molecule has 8 nitrogen and oxygen atoms in total. The number of carbonyl (C=O) groups excluding carboxylic acids is 2. The molecule has 0 radical (unpaired) electrons. The maximum atomic E-state index is 13.3. The van der Waals surface area contributed by atoms with Gasteiger partial charge in [-0.2, -0.15) is 0 Å². The van der Waals surface area contributed by atoms with E-state index in [2.05, 4.69) is 29.4 Å². The number of nitrogens with zero attached hydrogens (tertiary/aromatic N) is 2. The highest BCUT2D eigenvalue weighted by Crippen LogP contribution is 2.14. The summed E-state index contributed by atoms with van der Waals surface area (Å²) in [4.78, 5) is 30.5. The zero-order chi connectivity index (χ0) is 36.0. The number of nitrogens with two attached hydrogens (primary N) is 2. The van der Waals surface area contributed by atoms with Crippen LogP contribution in [0, 0.1) is 0 Å². The molecule has 0 heterocycles. The standard InChI is InChI=1S/C41H86N6O2/c1-4-6-8-10-12-14-16-18-20-22-24-26-37-47(38-27-25-23-21-19-17-15-13-11-9-7-5-2)41(49)45-40(48)39(3)44-33-30-36-46(34-28-31-42)35-29-32-43/h39,44H,4-38,42-43H2,1-3H3,(H,45,48,49). The number of carbonyl (C=O) groups is 2. The van der Waals surface area contributed by atoms with Crippen LogP contribution in [0.5, 0.6) is 0 Å². The third-order valence-corrected chi connectivity index (χ3v) is 9.93. The van der Waals surface area contributed by atoms with E-state index in [1.54, 1.807) is 0 Å². The lowest BCUT2D eigenvalue weighted by Gasteiger charge is -2.24. The van der Waals surface area contributed by atoms with Crippen LogP contribution in [-0.2, 0) is 4.79 Å². The molecule has 1 atom stereocenters. The van der Waals surface area contributed by atoms with E-state index in [0.717, 1.165) is 84.2 Å². The molecule has 292 valence electrons. The Kier molecular flexibility index (Phi) is 37.1. The maximum Gasteiger partial charge on any atom is 0.324 e. The number of hydrogen-bond acceptors (Lipinski definition) is 6. The molecule has 0 saturated heterocycles. The monoisotopic (exact) mass is 695 g/mol. The van der Waals surface area contributed by atoms with Gasteiger partial charge in [-0.3, -0.25) is 10.1 Å². The van der Waals surface area contributed by atoms with E-state index in [-0.39, 0.29) is 11.9 Å². The lowest BCUT2D eigenvalue weighted by Crippen LogP contribution is -2.50. The van der Waals surface area contributed by atoms with Crippen molar-refractivity contribution >= 4 is 11.9 Å². The second-order valence-corrected chi connectivity index (χ2v) is 14.7. The molecule has 0 rings (SSSR count). The highest BCUT2D eigenvalue weighted by Gasteiger charge is 2.19. The zero-order valence-electron chi connectivity index (χ0n) is 33.2. The normalized spacial score (nSPS) is 12.1. The summed E-state index contributed by atoms with van der Waals surface area (Å²) in [6.45, 7) is 12.9. The topological polar surface area (TPSA) is 117 Å². The van der Waals surface area contributed by atoms with Crippen molar-refractivity contribution in [3.8, 4) is 0 Å². The van der Waals surface area contributed by atoms with Crippen molar-refractivity contribution in [2.24, 2.45) is 11.5 Å². The molecule has 0 fully saturated rings. The minimum absolute atomic E-state index is 0.223. The molecule has 0 saturated carbocycles. The van der Waals surface area contributed by atoms with Gasteiger partial charge in [-0.05, 0) is 78.3 Å². The fraction of sp³-hybridized carbons (Fsp3) is 0.951. The van der Waals surface area contributed by atoms with Gasteiger partial charge in [0, 0.05) is 13.1 Å². The van der Waals surface area contributed by atoms with Crippen LogP contribution >= 0.6 is 0 Å². The smallest absolute Gasteiger partial charge is 0.324 e. The van der Waals surface area contributed by atoms with Crippen molar-refractivity contribution in [1.29, 1.82) is 0 Å². The van der Waals surface area contributed by atoms with Gasteiger partial charge in [0.15, 0.2) is 0 Å². The van der Waals surface area contributed by atoms with E-state index in [9.17, 15) is 9.59 Å². The summed E-state index contributed by atoms with van der Waals surface area (Å²) in [5.74, 6) is -0.234. The second kappa shape index (κ2) is 38.0. The molecule has 49 heavy (non-hydrogen) atoms. The quantitative estimate of drug-likeness (QED) is 0.0479. The summed E-state index contributed by atoms with van der Waals surface area (Å²) >= 11 is 0. The van der Waals surface area contributed by atoms with Crippen molar-refractivity contribution in [2.45, 2.75) is 200 Å². The first-order valence-electron chi connectivity index (χ1n) is 21.5. The molecule has 0 bridgehead atoms. The van der Waals surface area contributed by atoms with Crippen molar-refractivity contribution in [3.63, 3.8) is 0 Å². The maximum absolute atomic E-state index is 13.3. The number of nitrogens with one attached hydrogen (secondary N) is 2. The van der Waals surface area contributed by atoms with E-state index >= 15 is 0 Å². The lowest BCUT2D eigenvalue weighted by atomic mass is 10.0. The first kappa shape index (κ1) is 47.8. The molecule has 0 aromatic carbocycles.